The Kier molecular flexibility index (Phi) is 4.69. The van der Waals surface area contributed by atoms with Crippen LogP contribution in [0.3, 0.4) is 0 Å². The Bertz CT molecular complexity index is 1110. The topological polar surface area (TPSA) is 71.8 Å². The number of amides is 2. The summed E-state index contributed by atoms with van der Waals surface area (Å²) < 4.78 is 11.8. The zero-order valence-electron chi connectivity index (χ0n) is 16.9. The lowest BCUT2D eigenvalue weighted by molar-refractivity contribution is -0.119. The van der Waals surface area contributed by atoms with Crippen LogP contribution in [0.2, 0.25) is 0 Å². The second-order valence-corrected chi connectivity index (χ2v) is 7.94. The Morgan fingerprint density at radius 2 is 2.07 bits per heavy atom. The van der Waals surface area contributed by atoms with E-state index in [9.17, 15) is 9.59 Å². The smallest absolute Gasteiger partial charge is 0.258 e. The Morgan fingerprint density at radius 3 is 2.87 bits per heavy atom. The molecular weight excluding hydrogens is 380 g/mol. The molecule has 30 heavy (non-hydrogen) atoms. The van der Waals surface area contributed by atoms with Crippen molar-refractivity contribution in [2.24, 2.45) is 5.92 Å². The fraction of sp³-hybridized carbons (Fsp3) is 0.333. The largest absolute Gasteiger partial charge is 0.494 e. The van der Waals surface area contributed by atoms with Crippen LogP contribution >= 0.6 is 0 Å². The summed E-state index contributed by atoms with van der Waals surface area (Å²) in [5.74, 6) is 1.49. The van der Waals surface area contributed by atoms with Crippen LogP contribution in [0.1, 0.15) is 30.1 Å². The summed E-state index contributed by atoms with van der Waals surface area (Å²) in [4.78, 5) is 27.4. The highest BCUT2D eigenvalue weighted by atomic mass is 16.5. The molecule has 1 aromatic heterocycles. The number of carbonyl (C=O) groups excluding carboxylic acids is 2. The quantitative estimate of drug-likeness (QED) is 0.717. The number of fused-ring (bicyclic) bond motifs is 2. The third kappa shape index (κ3) is 3.22. The van der Waals surface area contributed by atoms with Crippen LogP contribution in [0.15, 0.2) is 52.9 Å². The summed E-state index contributed by atoms with van der Waals surface area (Å²) in [5.41, 5.74) is 2.09. The molecule has 2 aromatic carbocycles. The first-order chi connectivity index (χ1) is 14.6. The molecule has 0 bridgehead atoms. The van der Waals surface area contributed by atoms with Gasteiger partial charge >= 0.3 is 0 Å². The van der Waals surface area contributed by atoms with Crippen LogP contribution in [0.5, 0.6) is 5.75 Å². The number of nitrogens with one attached hydrogen (secondary N) is 1. The maximum Gasteiger partial charge on any atom is 0.258 e. The minimum atomic E-state index is -0.0564. The molecule has 3 heterocycles. The minimum Gasteiger partial charge on any atom is -0.494 e. The van der Waals surface area contributed by atoms with Crippen molar-refractivity contribution in [3.8, 4) is 17.1 Å². The van der Waals surface area contributed by atoms with Gasteiger partial charge in [0.25, 0.3) is 5.91 Å². The van der Waals surface area contributed by atoms with Crippen molar-refractivity contribution >= 4 is 22.8 Å². The number of ether oxygens (including phenoxy) is 1. The number of rotatable bonds is 4. The maximum atomic E-state index is 13.7. The van der Waals surface area contributed by atoms with Gasteiger partial charge in [-0.3, -0.25) is 9.59 Å². The second kappa shape index (κ2) is 7.52. The Labute approximate surface area is 174 Å². The molecule has 2 aliphatic rings. The van der Waals surface area contributed by atoms with Gasteiger partial charge in [-0.15, -0.1) is 0 Å². The van der Waals surface area contributed by atoms with E-state index in [1.165, 1.54) is 0 Å². The number of benzene rings is 2. The zero-order valence-corrected chi connectivity index (χ0v) is 16.9. The Balaban J connectivity index is 1.58. The molecule has 6 nitrogen and oxygen atoms in total. The molecule has 1 N–H and O–H groups in total. The summed E-state index contributed by atoms with van der Waals surface area (Å²) in [7, 11) is 0. The molecule has 5 rings (SSSR count). The first-order valence-corrected chi connectivity index (χ1v) is 10.5. The molecular formula is C24H24N2O4. The molecule has 154 valence electrons. The van der Waals surface area contributed by atoms with Crippen LogP contribution in [0.4, 0.5) is 0 Å². The molecule has 6 heteroatoms. The van der Waals surface area contributed by atoms with E-state index in [0.29, 0.717) is 48.8 Å². The van der Waals surface area contributed by atoms with Crippen LogP contribution in [0.25, 0.3) is 22.3 Å². The molecule has 2 saturated heterocycles. The van der Waals surface area contributed by atoms with Gasteiger partial charge in [-0.1, -0.05) is 30.3 Å². The lowest BCUT2D eigenvalue weighted by atomic mass is 9.92. The van der Waals surface area contributed by atoms with Gasteiger partial charge in [-0.05, 0) is 31.5 Å². The summed E-state index contributed by atoms with van der Waals surface area (Å²) >= 11 is 0. The van der Waals surface area contributed by atoms with Gasteiger partial charge < -0.3 is 19.4 Å². The maximum absolute atomic E-state index is 13.7. The predicted octanol–water partition coefficient (Wildman–Crippen LogP) is 3.85. The molecule has 0 unspecified atom stereocenters. The van der Waals surface area contributed by atoms with Crippen LogP contribution in [-0.2, 0) is 4.79 Å². The molecule has 2 fully saturated rings. The van der Waals surface area contributed by atoms with E-state index in [2.05, 4.69) is 5.32 Å². The average Bonchev–Trinajstić information content (AvgIpc) is 3.32. The van der Waals surface area contributed by atoms with Gasteiger partial charge in [0.2, 0.25) is 5.91 Å². The van der Waals surface area contributed by atoms with Gasteiger partial charge in [-0.25, -0.2) is 0 Å². The highest BCUT2D eigenvalue weighted by Gasteiger charge is 2.39. The van der Waals surface area contributed by atoms with Crippen LogP contribution < -0.4 is 10.1 Å². The number of hydrogen-bond acceptors (Lipinski definition) is 4. The van der Waals surface area contributed by atoms with Gasteiger partial charge in [0, 0.05) is 42.4 Å². The number of likely N-dealkylation sites (tertiary alicyclic amines) is 1. The van der Waals surface area contributed by atoms with E-state index in [1.807, 2.05) is 60.4 Å². The second-order valence-electron chi connectivity index (χ2n) is 7.94. The standard InChI is InChI=1S/C24H24N2O4/c1-2-29-17-8-9-20-18(13-17)22(23(30-20)15-6-4-3-5-7-15)24(28)26-11-10-19-16(14-26)12-21(27)25-19/h3-9,13,16,19H,2,10-12,14H2,1H3,(H,25,27)/t16-,19+/m1/s1. The van der Waals surface area contributed by atoms with E-state index < -0.39 is 0 Å². The van der Waals surface area contributed by atoms with E-state index in [4.69, 9.17) is 9.15 Å². The summed E-state index contributed by atoms with van der Waals surface area (Å²) in [6.07, 6.45) is 1.27. The number of piperidine rings is 1. The lowest BCUT2D eigenvalue weighted by Gasteiger charge is -2.34. The van der Waals surface area contributed by atoms with Crippen molar-refractivity contribution in [2.45, 2.75) is 25.8 Å². The summed E-state index contributed by atoms with van der Waals surface area (Å²) in [6.45, 7) is 3.68. The molecule has 0 aliphatic carbocycles. The van der Waals surface area contributed by atoms with Crippen molar-refractivity contribution in [1.29, 1.82) is 0 Å². The summed E-state index contributed by atoms with van der Waals surface area (Å²) in [6, 6.07) is 15.5. The van der Waals surface area contributed by atoms with Crippen molar-refractivity contribution < 1.29 is 18.7 Å². The number of hydrogen-bond donors (Lipinski definition) is 1. The lowest BCUT2D eigenvalue weighted by Crippen LogP contribution is -2.47. The van der Waals surface area contributed by atoms with Crippen molar-refractivity contribution in [2.75, 3.05) is 19.7 Å². The number of nitrogens with zero attached hydrogens (tertiary/aromatic N) is 1. The van der Waals surface area contributed by atoms with Crippen LogP contribution in [-0.4, -0.2) is 42.5 Å². The molecule has 2 amide bonds. The molecule has 0 spiro atoms. The SMILES string of the molecule is CCOc1ccc2oc(-c3ccccc3)c(C(=O)N3CC[C@@H]4NC(=O)C[C@@H]4C3)c2c1. The van der Waals surface area contributed by atoms with E-state index in [0.717, 1.165) is 17.4 Å². The normalized spacial score (nSPS) is 20.8. The summed E-state index contributed by atoms with van der Waals surface area (Å²) in [5, 5.41) is 3.78. The minimum absolute atomic E-state index is 0.0564. The van der Waals surface area contributed by atoms with Crippen molar-refractivity contribution in [1.82, 2.24) is 10.2 Å². The van der Waals surface area contributed by atoms with Gasteiger partial charge in [0.1, 0.15) is 17.1 Å². The van der Waals surface area contributed by atoms with Crippen LogP contribution in [0, 0.1) is 5.92 Å². The number of carbonyl (C=O) groups is 2. The highest BCUT2D eigenvalue weighted by Crippen LogP contribution is 2.37. The molecule has 2 atom stereocenters. The highest BCUT2D eigenvalue weighted by molar-refractivity contribution is 6.11. The molecule has 3 aromatic rings. The third-order valence-corrected chi connectivity index (χ3v) is 6.04. The van der Waals surface area contributed by atoms with E-state index in [-0.39, 0.29) is 23.8 Å². The monoisotopic (exact) mass is 404 g/mol. The Morgan fingerprint density at radius 1 is 1.23 bits per heavy atom. The fourth-order valence-electron chi connectivity index (χ4n) is 4.61. The van der Waals surface area contributed by atoms with Crippen molar-refractivity contribution in [3.05, 3.63) is 54.1 Å². The van der Waals surface area contributed by atoms with Crippen molar-refractivity contribution in [3.63, 3.8) is 0 Å². The predicted molar refractivity (Wildman–Crippen MR) is 113 cm³/mol. The van der Waals surface area contributed by atoms with Gasteiger partial charge in [0.15, 0.2) is 0 Å². The average molecular weight is 404 g/mol. The first-order valence-electron chi connectivity index (χ1n) is 10.5. The fourth-order valence-corrected chi connectivity index (χ4v) is 4.61. The number of furan rings is 1. The van der Waals surface area contributed by atoms with Gasteiger partial charge in [0.05, 0.1) is 12.2 Å². The first kappa shape index (κ1) is 18.7. The molecule has 0 saturated carbocycles. The Hall–Kier alpha value is -3.28. The molecule has 0 radical (unpaired) electrons. The zero-order chi connectivity index (χ0) is 20.7. The molecule has 2 aliphatic heterocycles. The van der Waals surface area contributed by atoms with E-state index >= 15 is 0 Å². The van der Waals surface area contributed by atoms with E-state index in [1.54, 1.807) is 0 Å². The third-order valence-electron chi connectivity index (χ3n) is 6.04. The van der Waals surface area contributed by atoms with Gasteiger partial charge in [-0.2, -0.15) is 0 Å².